The standard InChI is InChI=1S/C36H37N3O6S/c1-22-37-12-15-39(22)21-27(42)20-38-13-10-23(11-14-38)2-6-28(46)16-24-3-7-30-29(17-24)35(43)45-36(30)31-8-4-25(40)18-33(31)44-34-19-26(41)5-9-32(34)36/h3-5,7-9,12,15,17-19,23,27,40-42H,2,6,10-11,13-14,16,20-21H2,1H3. The third-order valence-electron chi connectivity index (χ3n) is 9.58. The van der Waals surface area contributed by atoms with Gasteiger partial charge in [0.15, 0.2) is 5.60 Å². The van der Waals surface area contributed by atoms with Crippen LogP contribution < -0.4 is 4.74 Å². The maximum atomic E-state index is 13.4. The van der Waals surface area contributed by atoms with Crippen LogP contribution in [0.1, 0.15) is 64.1 Å². The number of aryl methyl sites for hydroxylation is 1. The second-order valence-electron chi connectivity index (χ2n) is 12.7. The fraction of sp³-hybridized carbons (Fsp3) is 0.361. The smallest absolute Gasteiger partial charge is 0.340 e. The van der Waals surface area contributed by atoms with Crippen molar-refractivity contribution in [1.29, 1.82) is 0 Å². The number of likely N-dealkylation sites (tertiary alicyclic amines) is 1. The summed E-state index contributed by atoms with van der Waals surface area (Å²) in [4.78, 5) is 21.0. The normalized spacial score (nSPS) is 17.6. The Kier molecular flexibility index (Phi) is 8.04. The van der Waals surface area contributed by atoms with Gasteiger partial charge in [0.1, 0.15) is 28.8 Å². The molecule has 1 saturated heterocycles. The quantitative estimate of drug-likeness (QED) is 0.158. The Morgan fingerprint density at radius 3 is 2.33 bits per heavy atom. The Labute approximate surface area is 273 Å². The van der Waals surface area contributed by atoms with E-state index < -0.39 is 17.7 Å². The molecule has 0 bridgehead atoms. The number of carbonyl (C=O) groups is 1. The van der Waals surface area contributed by atoms with Crippen molar-refractivity contribution in [3.8, 4) is 23.0 Å². The molecule has 46 heavy (non-hydrogen) atoms. The van der Waals surface area contributed by atoms with Gasteiger partial charge in [0.05, 0.1) is 18.2 Å². The number of aliphatic hydroxyl groups excluding tert-OH is 1. The summed E-state index contributed by atoms with van der Waals surface area (Å²) in [6.07, 6.45) is 7.91. The van der Waals surface area contributed by atoms with E-state index in [0.717, 1.165) is 55.0 Å². The number of aromatic nitrogens is 2. The van der Waals surface area contributed by atoms with Gasteiger partial charge in [0.2, 0.25) is 0 Å². The lowest BCUT2D eigenvalue weighted by atomic mass is 9.77. The molecule has 0 radical (unpaired) electrons. The van der Waals surface area contributed by atoms with E-state index >= 15 is 0 Å². The molecule has 3 aliphatic heterocycles. The average molecular weight is 640 g/mol. The SMILES string of the molecule is Cc1nccn1CC(O)CN1CCC(CCC(=S)Cc2ccc3c(c2)C(=O)OC32c3ccc(O)cc3Oc3cc(O)ccc32)CC1. The van der Waals surface area contributed by atoms with Crippen LogP contribution in [-0.2, 0) is 23.3 Å². The van der Waals surface area contributed by atoms with Crippen LogP contribution in [0, 0.1) is 12.8 Å². The predicted octanol–water partition coefficient (Wildman–Crippen LogP) is 5.64. The lowest BCUT2D eigenvalue weighted by Crippen LogP contribution is -2.40. The molecule has 3 aliphatic rings. The van der Waals surface area contributed by atoms with E-state index in [1.807, 2.05) is 35.9 Å². The van der Waals surface area contributed by atoms with Crippen molar-refractivity contribution in [3.05, 3.63) is 101 Å². The number of esters is 1. The van der Waals surface area contributed by atoms with E-state index in [9.17, 15) is 20.1 Å². The molecular formula is C36H37N3O6S. The van der Waals surface area contributed by atoms with Gasteiger partial charge < -0.3 is 34.3 Å². The number of carbonyl (C=O) groups excluding carboxylic acids is 1. The minimum absolute atomic E-state index is 0.0203. The van der Waals surface area contributed by atoms with E-state index in [0.29, 0.717) is 59.2 Å². The van der Waals surface area contributed by atoms with Gasteiger partial charge in [-0.1, -0.05) is 24.4 Å². The fourth-order valence-corrected chi connectivity index (χ4v) is 7.47. The Morgan fingerprint density at radius 1 is 1.00 bits per heavy atom. The Hall–Kier alpha value is -4.25. The minimum Gasteiger partial charge on any atom is -0.508 e. The topological polar surface area (TPSA) is 117 Å². The van der Waals surface area contributed by atoms with Gasteiger partial charge >= 0.3 is 5.97 Å². The number of hydrogen-bond acceptors (Lipinski definition) is 9. The number of phenolic OH excluding ortho intramolecular Hbond substituents is 2. The largest absolute Gasteiger partial charge is 0.508 e. The van der Waals surface area contributed by atoms with Crippen LogP contribution >= 0.6 is 12.2 Å². The van der Waals surface area contributed by atoms with Crippen LogP contribution in [0.5, 0.6) is 23.0 Å². The lowest BCUT2D eigenvalue weighted by molar-refractivity contribution is 0.0224. The highest BCUT2D eigenvalue weighted by atomic mass is 32.1. The van der Waals surface area contributed by atoms with E-state index in [-0.39, 0.29) is 11.5 Å². The van der Waals surface area contributed by atoms with Crippen LogP contribution in [0.2, 0.25) is 0 Å². The molecule has 1 unspecified atom stereocenters. The monoisotopic (exact) mass is 639 g/mol. The molecule has 9 nitrogen and oxygen atoms in total. The van der Waals surface area contributed by atoms with Crippen LogP contribution in [0.15, 0.2) is 67.0 Å². The molecule has 4 heterocycles. The Bertz CT molecular complexity index is 1760. The van der Waals surface area contributed by atoms with Crippen molar-refractivity contribution in [3.63, 3.8) is 0 Å². The van der Waals surface area contributed by atoms with Crippen molar-refractivity contribution in [2.45, 2.75) is 57.3 Å². The summed E-state index contributed by atoms with van der Waals surface area (Å²) in [5.41, 5.74) is 2.06. The molecule has 238 valence electrons. The highest BCUT2D eigenvalue weighted by Gasteiger charge is 2.53. The van der Waals surface area contributed by atoms with Crippen LogP contribution in [-0.4, -0.2) is 66.3 Å². The zero-order valence-corrected chi connectivity index (χ0v) is 26.5. The molecule has 0 amide bonds. The number of imidazole rings is 1. The number of nitrogens with zero attached hydrogens (tertiary/aromatic N) is 3. The van der Waals surface area contributed by atoms with E-state index in [4.69, 9.17) is 21.7 Å². The van der Waals surface area contributed by atoms with Crippen molar-refractivity contribution in [2.24, 2.45) is 5.92 Å². The fourth-order valence-electron chi connectivity index (χ4n) is 7.18. The molecule has 3 N–H and O–H groups in total. The van der Waals surface area contributed by atoms with Gasteiger partial charge in [-0.25, -0.2) is 9.78 Å². The summed E-state index contributed by atoms with van der Waals surface area (Å²) in [5.74, 6) is 1.83. The number of ether oxygens (including phenoxy) is 2. The third kappa shape index (κ3) is 5.65. The van der Waals surface area contributed by atoms with Gasteiger partial charge in [-0.3, -0.25) is 0 Å². The first-order valence-corrected chi connectivity index (χ1v) is 16.2. The number of thiocarbonyl (C=S) groups is 1. The number of hydrogen-bond donors (Lipinski definition) is 3. The number of aliphatic hydroxyl groups is 1. The van der Waals surface area contributed by atoms with E-state index in [1.165, 1.54) is 12.1 Å². The molecule has 0 aliphatic carbocycles. The van der Waals surface area contributed by atoms with Gasteiger partial charge in [-0.15, -0.1) is 0 Å². The number of phenols is 2. The first kappa shape index (κ1) is 30.4. The summed E-state index contributed by atoms with van der Waals surface area (Å²) in [6, 6.07) is 15.3. The van der Waals surface area contributed by atoms with Gasteiger partial charge in [0, 0.05) is 54.2 Å². The number of rotatable bonds is 9. The van der Waals surface area contributed by atoms with Crippen molar-refractivity contribution in [2.75, 3.05) is 19.6 Å². The Morgan fingerprint density at radius 2 is 1.67 bits per heavy atom. The van der Waals surface area contributed by atoms with Crippen LogP contribution in [0.25, 0.3) is 0 Å². The van der Waals surface area contributed by atoms with Crippen molar-refractivity contribution >= 4 is 23.1 Å². The molecule has 1 spiro atoms. The highest BCUT2D eigenvalue weighted by molar-refractivity contribution is 7.80. The number of aromatic hydroxyl groups is 2. The maximum Gasteiger partial charge on any atom is 0.340 e. The number of piperidine rings is 1. The highest BCUT2D eigenvalue weighted by Crippen LogP contribution is 2.57. The summed E-state index contributed by atoms with van der Waals surface area (Å²) < 4.78 is 14.2. The molecule has 0 saturated carbocycles. The molecular weight excluding hydrogens is 602 g/mol. The van der Waals surface area contributed by atoms with Gasteiger partial charge in [-0.2, -0.15) is 0 Å². The molecule has 1 fully saturated rings. The summed E-state index contributed by atoms with van der Waals surface area (Å²) >= 11 is 5.82. The maximum absolute atomic E-state index is 13.4. The molecule has 3 aromatic carbocycles. The zero-order valence-electron chi connectivity index (χ0n) is 25.7. The third-order valence-corrected chi connectivity index (χ3v) is 9.93. The second kappa shape index (κ2) is 12.2. The summed E-state index contributed by atoms with van der Waals surface area (Å²) in [7, 11) is 0. The number of β-amino-alcohol motifs (C(OH)–C–C–N with tert-alkyl or cyclic N) is 1. The van der Waals surface area contributed by atoms with E-state index in [2.05, 4.69) is 9.88 Å². The number of fused-ring (bicyclic) bond motifs is 6. The average Bonchev–Trinajstić information content (AvgIpc) is 3.56. The number of benzene rings is 3. The first-order valence-electron chi connectivity index (χ1n) is 15.8. The van der Waals surface area contributed by atoms with Crippen molar-refractivity contribution < 1.29 is 29.6 Å². The van der Waals surface area contributed by atoms with E-state index in [1.54, 1.807) is 30.5 Å². The second-order valence-corrected chi connectivity index (χ2v) is 13.3. The molecule has 4 aromatic rings. The van der Waals surface area contributed by atoms with Crippen molar-refractivity contribution in [1.82, 2.24) is 14.5 Å². The van der Waals surface area contributed by atoms with Crippen LogP contribution in [0.4, 0.5) is 0 Å². The molecule has 1 atom stereocenters. The Balaban J connectivity index is 0.991. The lowest BCUT2D eigenvalue weighted by Gasteiger charge is -2.36. The minimum atomic E-state index is -1.26. The van der Waals surface area contributed by atoms with Gasteiger partial charge in [-0.05, 0) is 92.4 Å². The summed E-state index contributed by atoms with van der Waals surface area (Å²) in [6.45, 7) is 5.12. The van der Waals surface area contributed by atoms with Gasteiger partial charge in [0.25, 0.3) is 0 Å². The molecule has 7 rings (SSSR count). The predicted molar refractivity (Wildman–Crippen MR) is 176 cm³/mol. The molecule has 1 aromatic heterocycles. The summed E-state index contributed by atoms with van der Waals surface area (Å²) in [5, 5.41) is 30.9. The molecule has 10 heteroatoms. The first-order chi connectivity index (χ1) is 22.2. The van der Waals surface area contributed by atoms with Crippen LogP contribution in [0.3, 0.4) is 0 Å². The zero-order chi connectivity index (χ0) is 32.0.